The Morgan fingerprint density at radius 1 is 0.907 bits per heavy atom. The lowest BCUT2D eigenvalue weighted by Gasteiger charge is -2.35. The van der Waals surface area contributed by atoms with Gasteiger partial charge in [0.2, 0.25) is 0 Å². The Morgan fingerprint density at radius 2 is 1.65 bits per heavy atom. The molecule has 1 fully saturated rings. The highest BCUT2D eigenvalue weighted by Crippen LogP contribution is 2.30. The molecule has 0 radical (unpaired) electrons. The van der Waals surface area contributed by atoms with E-state index in [0.717, 1.165) is 66.7 Å². The Kier molecular flexibility index (Phi) is 8.04. The molecular weight excluding hydrogens is 534 g/mol. The second-order valence-electron chi connectivity index (χ2n) is 12.4. The molecular formula is C35H41N7O. The van der Waals surface area contributed by atoms with Gasteiger partial charge < -0.3 is 19.8 Å². The predicted molar refractivity (Wildman–Crippen MR) is 173 cm³/mol. The summed E-state index contributed by atoms with van der Waals surface area (Å²) in [6.45, 7) is 14.6. The van der Waals surface area contributed by atoms with Gasteiger partial charge in [-0.3, -0.25) is 9.69 Å². The number of aromatic amines is 1. The summed E-state index contributed by atoms with van der Waals surface area (Å²) in [6, 6.07) is 24.5. The van der Waals surface area contributed by atoms with Crippen LogP contribution in [-0.4, -0.2) is 63.0 Å². The van der Waals surface area contributed by atoms with Crippen molar-refractivity contribution in [2.45, 2.75) is 46.2 Å². The van der Waals surface area contributed by atoms with Crippen LogP contribution >= 0.6 is 0 Å². The summed E-state index contributed by atoms with van der Waals surface area (Å²) in [4.78, 5) is 30.7. The number of benzene rings is 3. The van der Waals surface area contributed by atoms with E-state index < -0.39 is 0 Å². The van der Waals surface area contributed by atoms with Gasteiger partial charge in [-0.1, -0.05) is 69.3 Å². The van der Waals surface area contributed by atoms with Crippen molar-refractivity contribution in [3.8, 4) is 11.4 Å². The number of nitrogens with one attached hydrogen (secondary N) is 2. The number of aromatic nitrogens is 4. The molecule has 43 heavy (non-hydrogen) atoms. The van der Waals surface area contributed by atoms with Crippen molar-refractivity contribution in [2.24, 2.45) is 0 Å². The van der Waals surface area contributed by atoms with E-state index >= 15 is 0 Å². The first-order valence-electron chi connectivity index (χ1n) is 15.2. The largest absolute Gasteiger partial charge is 0.367 e. The first kappa shape index (κ1) is 28.7. The minimum Gasteiger partial charge on any atom is -0.367 e. The molecule has 6 rings (SSSR count). The molecule has 0 unspecified atom stereocenters. The molecule has 8 heteroatoms. The van der Waals surface area contributed by atoms with E-state index in [-0.39, 0.29) is 11.3 Å². The zero-order valence-electron chi connectivity index (χ0n) is 25.6. The molecule has 3 aromatic carbocycles. The Balaban J connectivity index is 1.05. The van der Waals surface area contributed by atoms with Gasteiger partial charge in [-0.2, -0.15) is 0 Å². The van der Waals surface area contributed by atoms with Gasteiger partial charge in [0.25, 0.3) is 5.91 Å². The molecule has 5 aromatic rings. The third-order valence-electron chi connectivity index (χ3n) is 8.31. The summed E-state index contributed by atoms with van der Waals surface area (Å²) >= 11 is 0. The number of hydrogen-bond donors (Lipinski definition) is 2. The van der Waals surface area contributed by atoms with E-state index in [1.807, 2.05) is 37.3 Å². The molecule has 1 aliphatic rings. The fraction of sp³-hybridized carbons (Fsp3) is 0.343. The van der Waals surface area contributed by atoms with Crippen molar-refractivity contribution in [1.82, 2.24) is 29.7 Å². The number of imidazole rings is 2. The average Bonchev–Trinajstić information content (AvgIpc) is 3.60. The zero-order valence-corrected chi connectivity index (χ0v) is 25.6. The lowest BCUT2D eigenvalue weighted by molar-refractivity contribution is 0.0952. The monoisotopic (exact) mass is 575 g/mol. The molecule has 0 aliphatic carbocycles. The van der Waals surface area contributed by atoms with Crippen LogP contribution in [-0.2, 0) is 18.5 Å². The van der Waals surface area contributed by atoms with Crippen LogP contribution in [0.5, 0.6) is 0 Å². The maximum absolute atomic E-state index is 12.3. The van der Waals surface area contributed by atoms with Crippen LogP contribution in [0.4, 0.5) is 5.69 Å². The van der Waals surface area contributed by atoms with Crippen molar-refractivity contribution >= 4 is 22.6 Å². The van der Waals surface area contributed by atoms with Gasteiger partial charge in [-0.05, 0) is 42.2 Å². The fourth-order valence-corrected chi connectivity index (χ4v) is 5.77. The number of fused-ring (bicyclic) bond motifs is 1. The van der Waals surface area contributed by atoms with Gasteiger partial charge in [-0.15, -0.1) is 0 Å². The maximum Gasteiger partial charge on any atom is 0.251 e. The average molecular weight is 576 g/mol. The van der Waals surface area contributed by atoms with E-state index in [4.69, 9.17) is 9.97 Å². The smallest absolute Gasteiger partial charge is 0.251 e. The van der Waals surface area contributed by atoms with Crippen molar-refractivity contribution in [2.75, 3.05) is 37.6 Å². The molecule has 1 amide bonds. The van der Waals surface area contributed by atoms with Gasteiger partial charge in [0.1, 0.15) is 17.2 Å². The van der Waals surface area contributed by atoms with Gasteiger partial charge in [0.05, 0.1) is 16.9 Å². The number of H-pyrrole nitrogens is 1. The molecule has 1 saturated heterocycles. The Labute approximate surface area is 253 Å². The molecule has 2 aromatic heterocycles. The Bertz CT molecular complexity index is 1690. The number of carbonyl (C=O) groups is 1. The van der Waals surface area contributed by atoms with Crippen LogP contribution in [0.1, 0.15) is 48.2 Å². The second kappa shape index (κ2) is 12.1. The normalized spacial score (nSPS) is 14.4. The number of rotatable bonds is 8. The third-order valence-corrected chi connectivity index (χ3v) is 8.31. The van der Waals surface area contributed by atoms with E-state index in [1.54, 1.807) is 0 Å². The topological polar surface area (TPSA) is 82.1 Å². The van der Waals surface area contributed by atoms with Crippen molar-refractivity contribution in [3.63, 3.8) is 0 Å². The molecule has 3 heterocycles. The van der Waals surface area contributed by atoms with Gasteiger partial charge in [0.15, 0.2) is 0 Å². The molecule has 2 N–H and O–H groups in total. The van der Waals surface area contributed by atoms with Crippen LogP contribution < -0.4 is 10.2 Å². The van der Waals surface area contributed by atoms with Gasteiger partial charge in [-0.25, -0.2) is 9.97 Å². The Morgan fingerprint density at radius 3 is 2.37 bits per heavy atom. The molecule has 0 atom stereocenters. The summed E-state index contributed by atoms with van der Waals surface area (Å²) in [7, 11) is 0. The summed E-state index contributed by atoms with van der Waals surface area (Å²) in [5.41, 5.74) is 7.58. The standard InChI is InChI=1S/C35H41N7O/c1-25-37-29(24-42(25)18-17-36-34(43)27-9-6-5-7-10-27)23-40-19-21-41(22-20-40)31-12-8-11-30-32(31)39-33(38-30)26-13-15-28(16-14-26)35(2,3)4/h5-16,24H,17-23H2,1-4H3,(H,36,43)(H,38,39). The molecule has 8 nitrogen and oxygen atoms in total. The van der Waals surface area contributed by atoms with Gasteiger partial charge >= 0.3 is 0 Å². The Hall–Kier alpha value is -4.43. The third kappa shape index (κ3) is 6.49. The molecule has 0 spiro atoms. The lowest BCUT2D eigenvalue weighted by Crippen LogP contribution is -2.46. The van der Waals surface area contributed by atoms with Crippen molar-refractivity contribution < 1.29 is 4.79 Å². The van der Waals surface area contributed by atoms with Crippen LogP contribution in [0.15, 0.2) is 79.0 Å². The summed E-state index contributed by atoms with van der Waals surface area (Å²) in [5.74, 6) is 1.83. The number of anilines is 1. The molecule has 0 saturated carbocycles. The molecule has 1 aliphatic heterocycles. The maximum atomic E-state index is 12.3. The number of amides is 1. The van der Waals surface area contributed by atoms with Crippen LogP contribution in [0.25, 0.3) is 22.4 Å². The zero-order chi connectivity index (χ0) is 30.0. The van der Waals surface area contributed by atoms with Crippen LogP contribution in [0.2, 0.25) is 0 Å². The van der Waals surface area contributed by atoms with Crippen LogP contribution in [0.3, 0.4) is 0 Å². The predicted octanol–water partition coefficient (Wildman–Crippen LogP) is 5.78. The van der Waals surface area contributed by atoms with E-state index in [1.165, 1.54) is 11.3 Å². The quantitative estimate of drug-likeness (QED) is 0.245. The summed E-state index contributed by atoms with van der Waals surface area (Å²) in [5, 5.41) is 3.01. The first-order chi connectivity index (χ1) is 20.7. The first-order valence-corrected chi connectivity index (χ1v) is 15.2. The highest BCUT2D eigenvalue weighted by atomic mass is 16.1. The van der Waals surface area contributed by atoms with Crippen LogP contribution in [0, 0.1) is 6.92 Å². The number of hydrogen-bond acceptors (Lipinski definition) is 5. The molecule has 0 bridgehead atoms. The van der Waals surface area contributed by atoms with E-state index in [0.29, 0.717) is 18.7 Å². The van der Waals surface area contributed by atoms with Crippen molar-refractivity contribution in [1.29, 1.82) is 0 Å². The number of aryl methyl sites for hydroxylation is 1. The van der Waals surface area contributed by atoms with Gasteiger partial charge in [0, 0.05) is 63.1 Å². The fourth-order valence-electron chi connectivity index (χ4n) is 5.77. The summed E-state index contributed by atoms with van der Waals surface area (Å²) in [6.07, 6.45) is 2.12. The van der Waals surface area contributed by atoms with E-state index in [9.17, 15) is 4.79 Å². The number of piperazine rings is 1. The minimum atomic E-state index is -0.0482. The van der Waals surface area contributed by atoms with E-state index in [2.05, 4.69) is 94.1 Å². The highest BCUT2D eigenvalue weighted by molar-refractivity contribution is 5.94. The highest BCUT2D eigenvalue weighted by Gasteiger charge is 2.22. The summed E-state index contributed by atoms with van der Waals surface area (Å²) < 4.78 is 2.13. The number of para-hydroxylation sites is 1. The molecule has 222 valence electrons. The number of nitrogens with zero attached hydrogens (tertiary/aromatic N) is 5. The lowest BCUT2D eigenvalue weighted by atomic mass is 9.87. The SMILES string of the molecule is Cc1nc(CN2CCN(c3cccc4[nH]c(-c5ccc(C(C)(C)C)cc5)nc34)CC2)cn1CCNC(=O)c1ccccc1. The minimum absolute atomic E-state index is 0.0482. The second-order valence-corrected chi connectivity index (χ2v) is 12.4. The number of carbonyl (C=O) groups excluding carboxylic acids is 1. The van der Waals surface area contributed by atoms with Crippen molar-refractivity contribution in [3.05, 3.63) is 102 Å².